The Labute approximate surface area is 128 Å². The van der Waals surface area contributed by atoms with Gasteiger partial charge in [-0.05, 0) is 43.2 Å². The number of hydrogen-bond donors (Lipinski definition) is 2. The first-order valence-electron chi connectivity index (χ1n) is 6.31. The molecule has 0 saturated carbocycles. The van der Waals surface area contributed by atoms with Crippen molar-refractivity contribution in [1.29, 1.82) is 0 Å². The normalized spacial score (nSPS) is 12.4. The lowest BCUT2D eigenvalue weighted by Gasteiger charge is -2.20. The van der Waals surface area contributed by atoms with E-state index in [1.54, 1.807) is 12.1 Å². The number of rotatable bonds is 4. The molecule has 6 heteroatoms. The summed E-state index contributed by atoms with van der Waals surface area (Å²) >= 11 is 12.3. The predicted octanol–water partition coefficient (Wildman–Crippen LogP) is 3.21. The van der Waals surface area contributed by atoms with E-state index in [1.165, 1.54) is 0 Å². The van der Waals surface area contributed by atoms with Gasteiger partial charge in [-0.1, -0.05) is 30.1 Å². The summed E-state index contributed by atoms with van der Waals surface area (Å²) in [6, 6.07) is 7.01. The molecule has 106 valence electrons. The minimum absolute atomic E-state index is 0.273. The van der Waals surface area contributed by atoms with Gasteiger partial charge in [-0.2, -0.15) is 10.2 Å². The molecule has 0 aliphatic carbocycles. The molecule has 4 nitrogen and oxygen atoms in total. The third-order valence-corrected chi connectivity index (χ3v) is 3.69. The zero-order valence-corrected chi connectivity index (χ0v) is 12.8. The van der Waals surface area contributed by atoms with Gasteiger partial charge in [0.05, 0.1) is 17.4 Å². The van der Waals surface area contributed by atoms with Gasteiger partial charge in [0.15, 0.2) is 0 Å². The first-order chi connectivity index (χ1) is 9.56. The highest BCUT2D eigenvalue weighted by atomic mass is 35.5. The molecule has 3 N–H and O–H groups in total. The maximum atomic E-state index is 6.26. The summed E-state index contributed by atoms with van der Waals surface area (Å²) in [5, 5.41) is 9.52. The Morgan fingerprint density at radius 3 is 2.60 bits per heavy atom. The van der Waals surface area contributed by atoms with E-state index in [0.29, 0.717) is 10.0 Å². The van der Waals surface area contributed by atoms with Crippen molar-refractivity contribution in [1.82, 2.24) is 15.6 Å². The summed E-state index contributed by atoms with van der Waals surface area (Å²) in [5.41, 5.74) is 6.29. The van der Waals surface area contributed by atoms with Crippen molar-refractivity contribution in [3.05, 3.63) is 56.8 Å². The number of aromatic nitrogens is 2. The second kappa shape index (κ2) is 6.50. The van der Waals surface area contributed by atoms with Crippen LogP contribution in [0.5, 0.6) is 0 Å². The number of hydrazine groups is 1. The maximum absolute atomic E-state index is 6.26. The third kappa shape index (κ3) is 3.10. The molecule has 0 saturated heterocycles. The van der Waals surface area contributed by atoms with Gasteiger partial charge in [-0.3, -0.25) is 5.84 Å². The molecule has 1 atom stereocenters. The molecular weight excluding hydrogens is 295 g/mol. The van der Waals surface area contributed by atoms with Gasteiger partial charge < -0.3 is 0 Å². The van der Waals surface area contributed by atoms with Gasteiger partial charge in [0.25, 0.3) is 0 Å². The maximum Gasteiger partial charge on any atom is 0.0744 e. The lowest BCUT2D eigenvalue weighted by atomic mass is 9.97. The van der Waals surface area contributed by atoms with E-state index in [2.05, 4.69) is 15.6 Å². The van der Waals surface area contributed by atoms with Crippen molar-refractivity contribution in [3.8, 4) is 0 Å². The SMILES string of the molecule is CCc1nnc(C)cc1C(NN)c1cc(Cl)ccc1Cl. The van der Waals surface area contributed by atoms with Gasteiger partial charge in [-0.15, -0.1) is 0 Å². The van der Waals surface area contributed by atoms with Crippen LogP contribution in [0.15, 0.2) is 24.3 Å². The molecule has 2 aromatic rings. The Balaban J connectivity index is 2.57. The van der Waals surface area contributed by atoms with Crippen molar-refractivity contribution >= 4 is 23.2 Å². The number of aryl methyl sites for hydroxylation is 2. The molecule has 0 bridgehead atoms. The van der Waals surface area contributed by atoms with Crippen molar-refractivity contribution < 1.29 is 0 Å². The van der Waals surface area contributed by atoms with Crippen molar-refractivity contribution in [3.63, 3.8) is 0 Å². The Morgan fingerprint density at radius 1 is 1.20 bits per heavy atom. The quantitative estimate of drug-likeness (QED) is 0.672. The van der Waals surface area contributed by atoms with Crippen LogP contribution in [0, 0.1) is 6.92 Å². The Morgan fingerprint density at radius 2 is 1.95 bits per heavy atom. The van der Waals surface area contributed by atoms with Crippen LogP contribution < -0.4 is 11.3 Å². The molecule has 0 spiro atoms. The molecule has 0 amide bonds. The van der Waals surface area contributed by atoms with Crippen LogP contribution in [0.3, 0.4) is 0 Å². The van der Waals surface area contributed by atoms with Gasteiger partial charge in [0.2, 0.25) is 0 Å². The average Bonchev–Trinajstić information content (AvgIpc) is 2.44. The van der Waals surface area contributed by atoms with Crippen LogP contribution >= 0.6 is 23.2 Å². The Kier molecular flexibility index (Phi) is 4.94. The lowest BCUT2D eigenvalue weighted by molar-refractivity contribution is 0.622. The number of nitrogens with zero attached hydrogens (tertiary/aromatic N) is 2. The molecule has 1 heterocycles. The summed E-state index contributed by atoms with van der Waals surface area (Å²) < 4.78 is 0. The van der Waals surface area contributed by atoms with Gasteiger partial charge >= 0.3 is 0 Å². The highest BCUT2D eigenvalue weighted by molar-refractivity contribution is 6.33. The van der Waals surface area contributed by atoms with E-state index in [1.807, 2.05) is 26.0 Å². The Hall–Kier alpha value is -1.20. The first-order valence-corrected chi connectivity index (χ1v) is 7.06. The molecule has 0 aliphatic rings. The molecule has 1 aromatic heterocycles. The van der Waals surface area contributed by atoms with Gasteiger partial charge in [-0.25, -0.2) is 5.43 Å². The van der Waals surface area contributed by atoms with E-state index in [-0.39, 0.29) is 6.04 Å². The smallest absolute Gasteiger partial charge is 0.0744 e. The fourth-order valence-electron chi connectivity index (χ4n) is 2.14. The number of nitrogens with two attached hydrogens (primary N) is 1. The Bertz CT molecular complexity index is 616. The van der Waals surface area contributed by atoms with Crippen molar-refractivity contribution in [2.24, 2.45) is 5.84 Å². The summed E-state index contributed by atoms with van der Waals surface area (Å²) in [7, 11) is 0. The number of benzene rings is 1. The molecule has 1 unspecified atom stereocenters. The average molecular weight is 311 g/mol. The van der Waals surface area contributed by atoms with Crippen LogP contribution in [-0.4, -0.2) is 10.2 Å². The topological polar surface area (TPSA) is 63.8 Å². The predicted molar refractivity (Wildman–Crippen MR) is 81.8 cm³/mol. The van der Waals surface area contributed by atoms with Crippen LogP contribution in [-0.2, 0) is 6.42 Å². The monoisotopic (exact) mass is 310 g/mol. The van der Waals surface area contributed by atoms with E-state index >= 15 is 0 Å². The van der Waals surface area contributed by atoms with E-state index in [9.17, 15) is 0 Å². The number of nitrogens with one attached hydrogen (secondary N) is 1. The fraction of sp³-hybridized carbons (Fsp3) is 0.286. The number of halogens is 2. The van der Waals surface area contributed by atoms with Crippen LogP contribution in [0.2, 0.25) is 10.0 Å². The third-order valence-electron chi connectivity index (χ3n) is 3.11. The minimum Gasteiger partial charge on any atom is -0.271 e. The second-order valence-corrected chi connectivity index (χ2v) is 5.35. The molecule has 0 radical (unpaired) electrons. The highest BCUT2D eigenvalue weighted by Crippen LogP contribution is 2.31. The van der Waals surface area contributed by atoms with Gasteiger partial charge in [0.1, 0.15) is 0 Å². The molecule has 1 aromatic carbocycles. The van der Waals surface area contributed by atoms with Crippen molar-refractivity contribution in [2.75, 3.05) is 0 Å². The van der Waals surface area contributed by atoms with Crippen LogP contribution in [0.4, 0.5) is 0 Å². The summed E-state index contributed by atoms with van der Waals surface area (Å²) in [4.78, 5) is 0. The second-order valence-electron chi connectivity index (χ2n) is 4.51. The molecule has 2 rings (SSSR count). The van der Waals surface area contributed by atoms with E-state index < -0.39 is 0 Å². The van der Waals surface area contributed by atoms with Crippen molar-refractivity contribution in [2.45, 2.75) is 26.3 Å². The molecule has 0 aliphatic heterocycles. The van der Waals surface area contributed by atoms with Crippen LogP contribution in [0.1, 0.15) is 35.5 Å². The fourth-order valence-corrected chi connectivity index (χ4v) is 2.55. The number of hydrogen-bond acceptors (Lipinski definition) is 4. The minimum atomic E-state index is -0.273. The van der Waals surface area contributed by atoms with E-state index in [4.69, 9.17) is 29.0 Å². The molecular formula is C14H16Cl2N4. The first kappa shape index (κ1) is 15.2. The molecule has 20 heavy (non-hydrogen) atoms. The highest BCUT2D eigenvalue weighted by Gasteiger charge is 2.20. The lowest BCUT2D eigenvalue weighted by Crippen LogP contribution is -2.30. The zero-order chi connectivity index (χ0) is 14.7. The standard InChI is InChI=1S/C14H16Cl2N4/c1-3-13-11(6-8(2)19-20-13)14(18-17)10-7-9(15)4-5-12(10)16/h4-7,14,18H,3,17H2,1-2H3. The van der Waals surface area contributed by atoms with Gasteiger partial charge in [0, 0.05) is 15.6 Å². The summed E-state index contributed by atoms with van der Waals surface area (Å²) in [5.74, 6) is 5.73. The zero-order valence-electron chi connectivity index (χ0n) is 11.3. The summed E-state index contributed by atoms with van der Waals surface area (Å²) in [6.07, 6.45) is 0.763. The molecule has 0 fully saturated rings. The van der Waals surface area contributed by atoms with E-state index in [0.717, 1.165) is 28.9 Å². The summed E-state index contributed by atoms with van der Waals surface area (Å²) in [6.45, 7) is 3.92. The largest absolute Gasteiger partial charge is 0.271 e. The van der Waals surface area contributed by atoms with Crippen LogP contribution in [0.25, 0.3) is 0 Å².